The average Bonchev–Trinajstić information content (AvgIpc) is 3.11. The zero-order valence-corrected chi connectivity index (χ0v) is 21.7. The molecule has 3 aliphatic rings. The van der Waals surface area contributed by atoms with Gasteiger partial charge in [-0.2, -0.15) is 0 Å². The molecule has 1 aromatic carbocycles. The summed E-state index contributed by atoms with van der Waals surface area (Å²) in [5.41, 5.74) is 1.48. The van der Waals surface area contributed by atoms with Crippen LogP contribution in [0.25, 0.3) is 0 Å². The van der Waals surface area contributed by atoms with E-state index in [4.69, 9.17) is 9.47 Å². The molecule has 1 aromatic rings. The number of imide groups is 1. The summed E-state index contributed by atoms with van der Waals surface area (Å²) in [4.78, 5) is 64.0. The molecule has 11 heteroatoms. The SMILES string of the molecule is CN(C(=O)OC(C)(C)C)C1CC(COC(=O)NCc2ccc3c(c2)C(=O)N(C2CCC(=O)NC2=O)C3)C1. The minimum absolute atomic E-state index is 0.0650. The lowest BCUT2D eigenvalue weighted by Gasteiger charge is -2.41. The number of fused-ring (bicyclic) bond motifs is 1. The van der Waals surface area contributed by atoms with Crippen LogP contribution in [0.4, 0.5) is 9.59 Å². The molecule has 2 N–H and O–H groups in total. The number of nitrogens with zero attached hydrogens (tertiary/aromatic N) is 2. The first-order chi connectivity index (χ1) is 17.4. The molecule has 0 bridgehead atoms. The topological polar surface area (TPSA) is 134 Å². The Morgan fingerprint density at radius 2 is 1.92 bits per heavy atom. The van der Waals surface area contributed by atoms with Crippen LogP contribution in [0.2, 0.25) is 0 Å². The molecular weight excluding hydrogens is 480 g/mol. The van der Waals surface area contributed by atoms with E-state index in [1.807, 2.05) is 32.9 Å². The lowest BCUT2D eigenvalue weighted by molar-refractivity contribution is -0.136. The van der Waals surface area contributed by atoms with E-state index in [1.165, 1.54) is 4.90 Å². The third kappa shape index (κ3) is 6.20. The Morgan fingerprint density at radius 3 is 2.59 bits per heavy atom. The van der Waals surface area contributed by atoms with Crippen LogP contribution in [-0.2, 0) is 32.2 Å². The summed E-state index contributed by atoms with van der Waals surface area (Å²) in [6.45, 7) is 6.23. The fraction of sp³-hybridized carbons (Fsp3) is 0.577. The summed E-state index contributed by atoms with van der Waals surface area (Å²) in [7, 11) is 1.72. The number of carbonyl (C=O) groups is 5. The second-order valence-corrected chi connectivity index (χ2v) is 10.9. The highest BCUT2D eigenvalue weighted by atomic mass is 16.6. The maximum absolute atomic E-state index is 12.9. The largest absolute Gasteiger partial charge is 0.449 e. The van der Waals surface area contributed by atoms with Crippen LogP contribution in [0.5, 0.6) is 0 Å². The summed E-state index contributed by atoms with van der Waals surface area (Å²) in [6, 6.07) is 4.76. The van der Waals surface area contributed by atoms with Gasteiger partial charge in [0, 0.05) is 38.2 Å². The number of rotatable bonds is 6. The summed E-state index contributed by atoms with van der Waals surface area (Å²) >= 11 is 0. The van der Waals surface area contributed by atoms with Crippen molar-refractivity contribution in [3.05, 3.63) is 34.9 Å². The minimum Gasteiger partial charge on any atom is -0.449 e. The van der Waals surface area contributed by atoms with E-state index in [9.17, 15) is 24.0 Å². The number of carbonyl (C=O) groups excluding carboxylic acids is 5. The highest BCUT2D eigenvalue weighted by Gasteiger charge is 2.39. The molecule has 2 heterocycles. The number of hydrogen-bond donors (Lipinski definition) is 2. The number of hydrogen-bond acceptors (Lipinski definition) is 7. The van der Waals surface area contributed by atoms with Crippen LogP contribution in [0.1, 0.15) is 67.9 Å². The minimum atomic E-state index is -0.663. The van der Waals surface area contributed by atoms with Gasteiger partial charge in [0.05, 0.1) is 6.61 Å². The molecule has 1 saturated heterocycles. The standard InChI is InChI=1S/C26H34N4O7/c1-26(2,3)37-25(35)29(4)18-9-16(10-18)14-36-24(34)27-12-15-5-6-17-13-30(23(33)19(17)11-15)20-7-8-21(31)28-22(20)32/h5-6,11,16,18,20H,7-10,12-14H2,1-4H3,(H,27,34)(H,28,31,32). The normalized spacial score (nSPS) is 23.1. The molecule has 2 fully saturated rings. The predicted molar refractivity (Wildman–Crippen MR) is 131 cm³/mol. The van der Waals surface area contributed by atoms with Crippen molar-refractivity contribution in [3.8, 4) is 0 Å². The van der Waals surface area contributed by atoms with Crippen molar-refractivity contribution in [1.82, 2.24) is 20.4 Å². The first kappa shape index (κ1) is 26.4. The monoisotopic (exact) mass is 514 g/mol. The zero-order chi connectivity index (χ0) is 26.9. The number of benzene rings is 1. The first-order valence-electron chi connectivity index (χ1n) is 12.5. The summed E-state index contributed by atoms with van der Waals surface area (Å²) in [5.74, 6) is -0.853. The molecule has 1 aliphatic carbocycles. The molecule has 37 heavy (non-hydrogen) atoms. The van der Waals surface area contributed by atoms with Crippen LogP contribution in [0, 0.1) is 5.92 Å². The molecule has 11 nitrogen and oxygen atoms in total. The van der Waals surface area contributed by atoms with Crippen molar-refractivity contribution >= 4 is 29.9 Å². The third-order valence-corrected chi connectivity index (χ3v) is 6.92. The molecule has 1 saturated carbocycles. The maximum Gasteiger partial charge on any atom is 0.410 e. The fourth-order valence-electron chi connectivity index (χ4n) is 4.77. The maximum atomic E-state index is 12.9. The number of alkyl carbamates (subject to hydrolysis) is 1. The summed E-state index contributed by atoms with van der Waals surface area (Å²) in [6.07, 6.45) is 1.07. The average molecular weight is 515 g/mol. The van der Waals surface area contributed by atoms with Crippen LogP contribution in [0.3, 0.4) is 0 Å². The smallest absolute Gasteiger partial charge is 0.410 e. The lowest BCUT2D eigenvalue weighted by atomic mass is 9.80. The fourth-order valence-corrected chi connectivity index (χ4v) is 4.77. The van der Waals surface area contributed by atoms with Crippen molar-refractivity contribution in [2.45, 2.75) is 77.2 Å². The molecule has 2 aliphatic heterocycles. The Bertz CT molecular complexity index is 1110. The van der Waals surface area contributed by atoms with Crippen LogP contribution in [-0.4, -0.2) is 71.0 Å². The summed E-state index contributed by atoms with van der Waals surface area (Å²) < 4.78 is 10.7. The number of nitrogens with one attached hydrogen (secondary N) is 2. The zero-order valence-electron chi connectivity index (χ0n) is 21.7. The van der Waals surface area contributed by atoms with Crippen molar-refractivity contribution < 1.29 is 33.4 Å². The Hall–Kier alpha value is -3.63. The highest BCUT2D eigenvalue weighted by molar-refractivity contribution is 6.05. The molecule has 0 radical (unpaired) electrons. The third-order valence-electron chi connectivity index (χ3n) is 6.92. The van der Waals surface area contributed by atoms with E-state index in [1.54, 1.807) is 18.0 Å². The Morgan fingerprint density at radius 1 is 1.19 bits per heavy atom. The lowest BCUT2D eigenvalue weighted by Crippen LogP contribution is -2.52. The molecule has 0 aromatic heterocycles. The van der Waals surface area contributed by atoms with Crippen LogP contribution < -0.4 is 10.6 Å². The quantitative estimate of drug-likeness (QED) is 0.557. The van der Waals surface area contributed by atoms with E-state index in [2.05, 4.69) is 10.6 Å². The van der Waals surface area contributed by atoms with Crippen LogP contribution in [0.15, 0.2) is 18.2 Å². The van der Waals surface area contributed by atoms with Gasteiger partial charge in [0.25, 0.3) is 5.91 Å². The van der Waals surface area contributed by atoms with E-state index in [-0.39, 0.29) is 49.4 Å². The molecule has 5 amide bonds. The number of amides is 5. The van der Waals surface area contributed by atoms with Crippen molar-refractivity contribution in [3.63, 3.8) is 0 Å². The molecule has 1 unspecified atom stereocenters. The van der Waals surface area contributed by atoms with Gasteiger partial charge in [0.15, 0.2) is 0 Å². The van der Waals surface area contributed by atoms with Gasteiger partial charge in [-0.25, -0.2) is 9.59 Å². The Labute approximate surface area is 215 Å². The second-order valence-electron chi connectivity index (χ2n) is 10.9. The molecule has 0 spiro atoms. The molecular formula is C26H34N4O7. The van der Waals surface area contributed by atoms with Gasteiger partial charge in [0.2, 0.25) is 11.8 Å². The Kier molecular flexibility index (Phi) is 7.42. The summed E-state index contributed by atoms with van der Waals surface area (Å²) in [5, 5.41) is 4.99. The second kappa shape index (κ2) is 10.4. The number of piperidine rings is 1. The van der Waals surface area contributed by atoms with Crippen molar-refractivity contribution in [1.29, 1.82) is 0 Å². The van der Waals surface area contributed by atoms with Gasteiger partial charge in [-0.15, -0.1) is 0 Å². The van der Waals surface area contributed by atoms with E-state index in [0.717, 1.165) is 24.0 Å². The molecule has 200 valence electrons. The van der Waals surface area contributed by atoms with E-state index < -0.39 is 23.6 Å². The molecule has 1 atom stereocenters. The van der Waals surface area contributed by atoms with E-state index >= 15 is 0 Å². The van der Waals surface area contributed by atoms with Gasteiger partial charge >= 0.3 is 12.2 Å². The van der Waals surface area contributed by atoms with Crippen molar-refractivity contribution in [2.75, 3.05) is 13.7 Å². The number of ether oxygens (including phenoxy) is 2. The van der Waals surface area contributed by atoms with Gasteiger partial charge in [-0.05, 0) is 63.1 Å². The molecule has 4 rings (SSSR count). The predicted octanol–water partition coefficient (Wildman–Crippen LogP) is 2.32. The Balaban J connectivity index is 1.20. The van der Waals surface area contributed by atoms with Gasteiger partial charge < -0.3 is 24.6 Å². The van der Waals surface area contributed by atoms with Gasteiger partial charge in [-0.1, -0.05) is 12.1 Å². The van der Waals surface area contributed by atoms with Gasteiger partial charge in [-0.3, -0.25) is 19.7 Å². The first-order valence-corrected chi connectivity index (χ1v) is 12.5. The van der Waals surface area contributed by atoms with Crippen molar-refractivity contribution in [2.24, 2.45) is 5.92 Å². The van der Waals surface area contributed by atoms with Gasteiger partial charge in [0.1, 0.15) is 11.6 Å². The highest BCUT2D eigenvalue weighted by Crippen LogP contribution is 2.32. The van der Waals surface area contributed by atoms with E-state index in [0.29, 0.717) is 18.5 Å². The van der Waals surface area contributed by atoms with Crippen LogP contribution >= 0.6 is 0 Å².